The van der Waals surface area contributed by atoms with Crippen molar-refractivity contribution in [2.24, 2.45) is 0 Å². The molecule has 0 spiro atoms. The lowest BCUT2D eigenvalue weighted by atomic mass is 10.2. The molecule has 0 atom stereocenters. The maximum atomic E-state index is 9.47. The summed E-state index contributed by atoms with van der Waals surface area (Å²) >= 11 is 0. The Balaban J connectivity index is 2.00. The number of phenolic OH excluding ortho intramolecular Hbond substituents is 1. The van der Waals surface area contributed by atoms with Crippen LogP contribution in [-0.4, -0.2) is 9.67 Å². The number of aromatic nitrogens is 1. The van der Waals surface area contributed by atoms with Crippen molar-refractivity contribution in [3.8, 4) is 5.75 Å². The van der Waals surface area contributed by atoms with E-state index in [2.05, 4.69) is 10.6 Å². The summed E-state index contributed by atoms with van der Waals surface area (Å²) in [6.07, 6.45) is 2.04. The van der Waals surface area contributed by atoms with Gasteiger partial charge in [0, 0.05) is 29.3 Å². The van der Waals surface area contributed by atoms with Crippen LogP contribution in [0.4, 0.5) is 5.69 Å². The molecule has 90 valence electrons. The largest absolute Gasteiger partial charge is 0.508 e. The van der Waals surface area contributed by atoms with E-state index in [-0.39, 0.29) is 0 Å². The summed E-state index contributed by atoms with van der Waals surface area (Å²) in [6.45, 7) is 0.738. The third-order valence-corrected chi connectivity index (χ3v) is 3.06. The molecule has 3 rings (SSSR count). The number of anilines is 1. The molecular weight excluding hydrogens is 224 g/mol. The van der Waals surface area contributed by atoms with Crippen molar-refractivity contribution in [2.45, 2.75) is 6.54 Å². The van der Waals surface area contributed by atoms with Gasteiger partial charge in [0.15, 0.2) is 0 Å². The number of nitrogens with two attached hydrogens (primary N) is 1. The molecule has 3 N–H and O–H groups in total. The fourth-order valence-electron chi connectivity index (χ4n) is 2.21. The molecule has 0 unspecified atom stereocenters. The first-order valence-corrected chi connectivity index (χ1v) is 5.85. The minimum absolute atomic E-state index is 0.299. The zero-order valence-electron chi connectivity index (χ0n) is 9.88. The lowest BCUT2D eigenvalue weighted by Gasteiger charge is -2.06. The maximum Gasteiger partial charge on any atom is 0.115 e. The summed E-state index contributed by atoms with van der Waals surface area (Å²) in [6, 6.07) is 15.3. The zero-order valence-corrected chi connectivity index (χ0v) is 9.88. The first-order valence-electron chi connectivity index (χ1n) is 5.85. The third-order valence-electron chi connectivity index (χ3n) is 3.06. The molecule has 0 radical (unpaired) electrons. The molecule has 1 heterocycles. The van der Waals surface area contributed by atoms with Gasteiger partial charge in [0.1, 0.15) is 5.75 Å². The first-order chi connectivity index (χ1) is 8.72. The second kappa shape index (κ2) is 4.11. The molecule has 0 amide bonds. The summed E-state index contributed by atoms with van der Waals surface area (Å²) in [7, 11) is 0. The Labute approximate surface area is 105 Å². The average molecular weight is 238 g/mol. The number of hydrogen-bond donors (Lipinski definition) is 2. The van der Waals surface area contributed by atoms with E-state index in [0.717, 1.165) is 28.7 Å². The highest BCUT2D eigenvalue weighted by Crippen LogP contribution is 2.20. The number of hydrogen-bond acceptors (Lipinski definition) is 2. The molecule has 0 bridgehead atoms. The summed E-state index contributed by atoms with van der Waals surface area (Å²) in [5.74, 6) is 0.299. The number of rotatable bonds is 2. The molecule has 0 fully saturated rings. The van der Waals surface area contributed by atoms with Crippen LogP contribution in [0.15, 0.2) is 54.7 Å². The van der Waals surface area contributed by atoms with E-state index in [1.807, 2.05) is 36.5 Å². The van der Waals surface area contributed by atoms with Gasteiger partial charge in [-0.05, 0) is 42.0 Å². The molecule has 3 nitrogen and oxygen atoms in total. The second-order valence-electron chi connectivity index (χ2n) is 4.43. The van der Waals surface area contributed by atoms with Crippen molar-refractivity contribution in [1.82, 2.24) is 4.57 Å². The van der Waals surface area contributed by atoms with Gasteiger partial charge in [0.05, 0.1) is 0 Å². The van der Waals surface area contributed by atoms with Gasteiger partial charge in [-0.25, -0.2) is 0 Å². The van der Waals surface area contributed by atoms with Crippen LogP contribution < -0.4 is 5.73 Å². The van der Waals surface area contributed by atoms with Gasteiger partial charge in [0.2, 0.25) is 0 Å². The van der Waals surface area contributed by atoms with Crippen LogP contribution >= 0.6 is 0 Å². The van der Waals surface area contributed by atoms with Gasteiger partial charge < -0.3 is 15.4 Å². The predicted molar refractivity (Wildman–Crippen MR) is 73.6 cm³/mol. The zero-order chi connectivity index (χ0) is 12.5. The molecule has 1 aromatic heterocycles. The number of nitrogens with zero attached hydrogens (tertiary/aromatic N) is 1. The fourth-order valence-corrected chi connectivity index (χ4v) is 2.21. The summed E-state index contributed by atoms with van der Waals surface area (Å²) in [5.41, 5.74) is 8.76. The lowest BCUT2D eigenvalue weighted by Crippen LogP contribution is -1.97. The maximum absolute atomic E-state index is 9.47. The van der Waals surface area contributed by atoms with Crippen molar-refractivity contribution in [3.63, 3.8) is 0 Å². The Morgan fingerprint density at radius 3 is 2.78 bits per heavy atom. The molecule has 0 aliphatic carbocycles. The van der Waals surface area contributed by atoms with E-state index >= 15 is 0 Å². The number of fused-ring (bicyclic) bond motifs is 1. The van der Waals surface area contributed by atoms with Crippen molar-refractivity contribution in [2.75, 3.05) is 5.73 Å². The number of nitrogen functional groups attached to an aromatic ring is 1. The fraction of sp³-hybridized carbons (Fsp3) is 0.0667. The van der Waals surface area contributed by atoms with E-state index in [1.54, 1.807) is 12.1 Å². The monoisotopic (exact) mass is 238 g/mol. The predicted octanol–water partition coefficient (Wildman–Crippen LogP) is 2.98. The van der Waals surface area contributed by atoms with E-state index in [1.165, 1.54) is 0 Å². The van der Waals surface area contributed by atoms with Gasteiger partial charge in [-0.2, -0.15) is 0 Å². The Bertz CT molecular complexity index is 701. The van der Waals surface area contributed by atoms with Crippen molar-refractivity contribution in [3.05, 3.63) is 60.3 Å². The minimum Gasteiger partial charge on any atom is -0.508 e. The van der Waals surface area contributed by atoms with Crippen LogP contribution in [0.1, 0.15) is 5.56 Å². The Morgan fingerprint density at radius 1 is 1.06 bits per heavy atom. The van der Waals surface area contributed by atoms with Crippen LogP contribution in [0, 0.1) is 0 Å². The van der Waals surface area contributed by atoms with E-state index in [0.29, 0.717) is 5.75 Å². The standard InChI is InChI=1S/C15H14N2O/c16-13-4-5-15-12(9-13)6-7-17(15)10-11-2-1-3-14(18)8-11/h1-9,18H,10,16H2. The van der Waals surface area contributed by atoms with Gasteiger partial charge in [-0.1, -0.05) is 12.1 Å². The summed E-state index contributed by atoms with van der Waals surface area (Å²) in [4.78, 5) is 0. The molecule has 0 aliphatic heterocycles. The second-order valence-corrected chi connectivity index (χ2v) is 4.43. The molecule has 0 saturated heterocycles. The summed E-state index contributed by atoms with van der Waals surface area (Å²) in [5, 5.41) is 10.6. The summed E-state index contributed by atoms with van der Waals surface area (Å²) < 4.78 is 2.14. The van der Waals surface area contributed by atoms with Crippen LogP contribution in [0.3, 0.4) is 0 Å². The molecular formula is C15H14N2O. The van der Waals surface area contributed by atoms with E-state index in [4.69, 9.17) is 5.73 Å². The van der Waals surface area contributed by atoms with Gasteiger partial charge >= 0.3 is 0 Å². The smallest absolute Gasteiger partial charge is 0.115 e. The van der Waals surface area contributed by atoms with Crippen LogP contribution in [0.5, 0.6) is 5.75 Å². The highest BCUT2D eigenvalue weighted by molar-refractivity contribution is 5.83. The van der Waals surface area contributed by atoms with Crippen LogP contribution in [-0.2, 0) is 6.54 Å². The van der Waals surface area contributed by atoms with Gasteiger partial charge in [-0.15, -0.1) is 0 Å². The van der Waals surface area contributed by atoms with Gasteiger partial charge in [-0.3, -0.25) is 0 Å². The van der Waals surface area contributed by atoms with E-state index in [9.17, 15) is 5.11 Å². The number of phenols is 1. The molecule has 18 heavy (non-hydrogen) atoms. The van der Waals surface area contributed by atoms with Crippen molar-refractivity contribution >= 4 is 16.6 Å². The highest BCUT2D eigenvalue weighted by Gasteiger charge is 2.02. The molecule has 2 aromatic carbocycles. The Kier molecular flexibility index (Phi) is 2.45. The lowest BCUT2D eigenvalue weighted by molar-refractivity contribution is 0.474. The Hall–Kier alpha value is -2.42. The number of aromatic hydroxyl groups is 1. The van der Waals surface area contributed by atoms with E-state index < -0.39 is 0 Å². The normalized spacial score (nSPS) is 10.9. The van der Waals surface area contributed by atoms with Gasteiger partial charge in [0.25, 0.3) is 0 Å². The first kappa shape index (κ1) is 10.7. The van der Waals surface area contributed by atoms with Crippen LogP contribution in [0.2, 0.25) is 0 Å². The third kappa shape index (κ3) is 1.91. The Morgan fingerprint density at radius 2 is 1.94 bits per heavy atom. The molecule has 0 saturated carbocycles. The van der Waals surface area contributed by atoms with Crippen LogP contribution in [0.25, 0.3) is 10.9 Å². The average Bonchev–Trinajstić information content (AvgIpc) is 2.72. The highest BCUT2D eigenvalue weighted by atomic mass is 16.3. The molecule has 3 heteroatoms. The van der Waals surface area contributed by atoms with Crippen molar-refractivity contribution < 1.29 is 5.11 Å². The quantitative estimate of drug-likeness (QED) is 0.674. The number of benzene rings is 2. The minimum atomic E-state index is 0.299. The molecule has 3 aromatic rings. The molecule has 0 aliphatic rings. The SMILES string of the molecule is Nc1ccc2c(ccn2Cc2cccc(O)c2)c1. The van der Waals surface area contributed by atoms with Crippen molar-refractivity contribution in [1.29, 1.82) is 0 Å². The topological polar surface area (TPSA) is 51.2 Å².